The maximum Gasteiger partial charge on any atom is 0.254 e. The summed E-state index contributed by atoms with van der Waals surface area (Å²) in [5.41, 5.74) is 4.44. The van der Waals surface area contributed by atoms with Gasteiger partial charge in [0.2, 0.25) is 5.91 Å². The van der Waals surface area contributed by atoms with E-state index in [2.05, 4.69) is 11.4 Å². The minimum Gasteiger partial charge on any atom is -0.497 e. The molecule has 0 saturated heterocycles. The molecule has 2 aliphatic heterocycles. The molecular formula is C27H26N2O4. The molecular weight excluding hydrogens is 416 g/mol. The van der Waals surface area contributed by atoms with Gasteiger partial charge in [0.05, 0.1) is 26.2 Å². The van der Waals surface area contributed by atoms with Crippen LogP contribution in [-0.4, -0.2) is 37.5 Å². The van der Waals surface area contributed by atoms with Crippen molar-refractivity contribution in [1.82, 2.24) is 10.2 Å². The van der Waals surface area contributed by atoms with E-state index in [0.29, 0.717) is 30.2 Å². The number of rotatable bonds is 5. The SMILES string of the molecule is COc1ccc(OC)c(CNC(=O)C2c3ccccc3C(=O)N3CCc4ccccc4C23)c1. The lowest BCUT2D eigenvalue weighted by molar-refractivity contribution is -0.124. The lowest BCUT2D eigenvalue weighted by Crippen LogP contribution is -2.50. The van der Waals surface area contributed by atoms with Gasteiger partial charge in [-0.25, -0.2) is 0 Å². The topological polar surface area (TPSA) is 67.9 Å². The zero-order valence-corrected chi connectivity index (χ0v) is 18.7. The summed E-state index contributed by atoms with van der Waals surface area (Å²) in [5.74, 6) is 0.744. The van der Waals surface area contributed by atoms with Gasteiger partial charge < -0.3 is 19.7 Å². The quantitative estimate of drug-likeness (QED) is 0.652. The molecule has 2 heterocycles. The van der Waals surface area contributed by atoms with Gasteiger partial charge in [-0.3, -0.25) is 9.59 Å². The first-order valence-electron chi connectivity index (χ1n) is 11.1. The summed E-state index contributed by atoms with van der Waals surface area (Å²) < 4.78 is 10.8. The van der Waals surface area contributed by atoms with Gasteiger partial charge in [0.25, 0.3) is 5.91 Å². The third-order valence-electron chi connectivity index (χ3n) is 6.66. The van der Waals surface area contributed by atoms with Gasteiger partial charge in [-0.15, -0.1) is 0 Å². The maximum absolute atomic E-state index is 13.7. The van der Waals surface area contributed by atoms with E-state index < -0.39 is 5.92 Å². The highest BCUT2D eigenvalue weighted by molar-refractivity contribution is 6.01. The monoisotopic (exact) mass is 442 g/mol. The van der Waals surface area contributed by atoms with Gasteiger partial charge in [0.15, 0.2) is 0 Å². The first-order valence-corrected chi connectivity index (χ1v) is 11.1. The predicted octanol–water partition coefficient (Wildman–Crippen LogP) is 3.86. The van der Waals surface area contributed by atoms with Crippen molar-refractivity contribution in [2.75, 3.05) is 20.8 Å². The number of carbonyl (C=O) groups excluding carboxylic acids is 2. The Morgan fingerprint density at radius 1 is 1.00 bits per heavy atom. The number of carbonyl (C=O) groups is 2. The first-order chi connectivity index (χ1) is 16.1. The van der Waals surface area contributed by atoms with E-state index in [1.807, 2.05) is 65.6 Å². The number of methoxy groups -OCH3 is 2. The zero-order chi connectivity index (χ0) is 22.9. The van der Waals surface area contributed by atoms with Gasteiger partial charge in [-0.05, 0) is 47.4 Å². The van der Waals surface area contributed by atoms with Crippen LogP contribution in [0.4, 0.5) is 0 Å². The predicted molar refractivity (Wildman–Crippen MR) is 124 cm³/mol. The molecule has 0 aromatic heterocycles. The minimum atomic E-state index is -0.503. The van der Waals surface area contributed by atoms with Crippen LogP contribution in [-0.2, 0) is 17.8 Å². The van der Waals surface area contributed by atoms with E-state index in [1.165, 1.54) is 5.56 Å². The summed E-state index contributed by atoms with van der Waals surface area (Å²) in [5, 5.41) is 3.10. The first kappa shape index (κ1) is 21.1. The fraction of sp³-hybridized carbons (Fsp3) is 0.259. The Labute approximate surface area is 193 Å². The molecule has 2 unspecified atom stereocenters. The van der Waals surface area contributed by atoms with Crippen molar-refractivity contribution in [1.29, 1.82) is 0 Å². The molecule has 3 aromatic carbocycles. The Morgan fingerprint density at radius 2 is 1.76 bits per heavy atom. The van der Waals surface area contributed by atoms with Crippen LogP contribution in [0.2, 0.25) is 0 Å². The molecule has 0 bridgehead atoms. The number of hydrogen-bond donors (Lipinski definition) is 1. The summed E-state index contributed by atoms with van der Waals surface area (Å²) in [6.45, 7) is 0.891. The summed E-state index contributed by atoms with van der Waals surface area (Å²) in [7, 11) is 3.21. The van der Waals surface area contributed by atoms with Gasteiger partial charge >= 0.3 is 0 Å². The fourth-order valence-electron chi connectivity index (χ4n) is 5.07. The molecule has 0 radical (unpaired) electrons. The van der Waals surface area contributed by atoms with Crippen LogP contribution in [0, 0.1) is 0 Å². The highest BCUT2D eigenvalue weighted by Crippen LogP contribution is 2.45. The van der Waals surface area contributed by atoms with Gasteiger partial charge in [-0.2, -0.15) is 0 Å². The van der Waals surface area contributed by atoms with Crippen molar-refractivity contribution in [2.24, 2.45) is 0 Å². The molecule has 0 saturated carbocycles. The molecule has 2 atom stereocenters. The summed E-state index contributed by atoms with van der Waals surface area (Å²) in [4.78, 5) is 28.9. The van der Waals surface area contributed by atoms with Crippen molar-refractivity contribution < 1.29 is 19.1 Å². The largest absolute Gasteiger partial charge is 0.497 e. The molecule has 1 N–H and O–H groups in total. The third kappa shape index (κ3) is 3.61. The molecule has 2 aliphatic rings. The van der Waals surface area contributed by atoms with E-state index >= 15 is 0 Å². The number of fused-ring (bicyclic) bond motifs is 4. The number of hydrogen-bond acceptors (Lipinski definition) is 4. The lowest BCUT2D eigenvalue weighted by atomic mass is 9.76. The van der Waals surface area contributed by atoms with E-state index in [-0.39, 0.29) is 17.9 Å². The molecule has 168 valence electrons. The van der Waals surface area contributed by atoms with Gasteiger partial charge in [0.1, 0.15) is 11.5 Å². The maximum atomic E-state index is 13.7. The third-order valence-corrected chi connectivity index (χ3v) is 6.66. The normalized spacial score (nSPS) is 18.6. The van der Waals surface area contributed by atoms with E-state index in [4.69, 9.17) is 9.47 Å². The second-order valence-corrected chi connectivity index (χ2v) is 8.35. The number of amides is 2. The molecule has 0 fully saturated rings. The van der Waals surface area contributed by atoms with Crippen molar-refractivity contribution in [3.05, 3.63) is 94.5 Å². The lowest BCUT2D eigenvalue weighted by Gasteiger charge is -2.45. The number of nitrogens with zero attached hydrogens (tertiary/aromatic N) is 1. The number of benzene rings is 3. The molecule has 3 aromatic rings. The Bertz CT molecular complexity index is 1220. The van der Waals surface area contributed by atoms with Crippen LogP contribution in [0.3, 0.4) is 0 Å². The highest BCUT2D eigenvalue weighted by atomic mass is 16.5. The average Bonchev–Trinajstić information content (AvgIpc) is 2.87. The molecule has 2 amide bonds. The van der Waals surface area contributed by atoms with E-state index in [9.17, 15) is 9.59 Å². The fourth-order valence-corrected chi connectivity index (χ4v) is 5.07. The van der Waals surface area contributed by atoms with Crippen LogP contribution >= 0.6 is 0 Å². The molecule has 33 heavy (non-hydrogen) atoms. The summed E-state index contributed by atoms with van der Waals surface area (Å²) >= 11 is 0. The Kier molecular flexibility index (Phi) is 5.50. The van der Waals surface area contributed by atoms with Crippen LogP contribution < -0.4 is 14.8 Å². The van der Waals surface area contributed by atoms with Crippen molar-refractivity contribution in [3.8, 4) is 11.5 Å². The van der Waals surface area contributed by atoms with Crippen LogP contribution in [0.1, 0.15) is 44.6 Å². The van der Waals surface area contributed by atoms with Crippen molar-refractivity contribution in [3.63, 3.8) is 0 Å². The summed E-state index contributed by atoms with van der Waals surface area (Å²) in [6.07, 6.45) is 0.788. The molecule has 0 aliphatic carbocycles. The van der Waals surface area contributed by atoms with Crippen molar-refractivity contribution in [2.45, 2.75) is 24.9 Å². The van der Waals surface area contributed by atoms with E-state index in [1.54, 1.807) is 14.2 Å². The minimum absolute atomic E-state index is 0.0105. The summed E-state index contributed by atoms with van der Waals surface area (Å²) in [6, 6.07) is 20.8. The number of ether oxygens (including phenoxy) is 2. The molecule has 6 nitrogen and oxygen atoms in total. The second-order valence-electron chi connectivity index (χ2n) is 8.35. The Balaban J connectivity index is 1.52. The van der Waals surface area contributed by atoms with Crippen molar-refractivity contribution >= 4 is 11.8 Å². The van der Waals surface area contributed by atoms with Crippen LogP contribution in [0.15, 0.2) is 66.7 Å². The molecule has 0 spiro atoms. The molecule has 5 rings (SSSR count). The van der Waals surface area contributed by atoms with Crippen LogP contribution in [0.5, 0.6) is 11.5 Å². The highest BCUT2D eigenvalue weighted by Gasteiger charge is 2.46. The zero-order valence-electron chi connectivity index (χ0n) is 18.7. The van der Waals surface area contributed by atoms with Gasteiger partial charge in [0, 0.05) is 24.2 Å². The average molecular weight is 443 g/mol. The Morgan fingerprint density at radius 3 is 2.55 bits per heavy atom. The second kappa shape index (κ2) is 8.62. The van der Waals surface area contributed by atoms with Crippen LogP contribution in [0.25, 0.3) is 0 Å². The van der Waals surface area contributed by atoms with E-state index in [0.717, 1.165) is 23.1 Å². The Hall–Kier alpha value is -3.80. The molecule has 6 heteroatoms. The standard InChI is InChI=1S/C27H26N2O4/c1-32-19-11-12-23(33-2)18(15-19)16-28-26(30)24-21-9-5-6-10-22(21)27(31)29-14-13-17-7-3-4-8-20(17)25(24)29/h3-12,15,24-25H,13-14,16H2,1-2H3,(H,28,30). The number of nitrogens with one attached hydrogen (secondary N) is 1. The smallest absolute Gasteiger partial charge is 0.254 e. The van der Waals surface area contributed by atoms with Gasteiger partial charge in [-0.1, -0.05) is 42.5 Å².